The number of Topliss-reactive ketones (excluding diaryl/α,β-unsaturated/α-hetero) is 2. The number of ketones is 2. The monoisotopic (exact) mass is 424 g/mol. The lowest BCUT2D eigenvalue weighted by Crippen LogP contribution is -2.57. The summed E-state index contributed by atoms with van der Waals surface area (Å²) in [7, 11) is 0. The second-order valence-electron chi connectivity index (χ2n) is 6.54. The van der Waals surface area contributed by atoms with Crippen LogP contribution < -0.4 is 11.5 Å². The predicted molar refractivity (Wildman–Crippen MR) is 98.0 cm³/mol. The maximum atomic E-state index is 12.9. The van der Waals surface area contributed by atoms with Crippen molar-refractivity contribution < 1.29 is 49.2 Å². The summed E-state index contributed by atoms with van der Waals surface area (Å²) in [5.74, 6) is -9.18. The molecule has 12 heteroatoms. The average Bonchev–Trinajstić information content (AvgIpc) is 2.68. The predicted octanol–water partition coefficient (Wildman–Crippen LogP) is -0.654. The zero-order valence-electron chi connectivity index (χ0n) is 15.5. The molecule has 0 aliphatic heterocycles. The molecule has 0 heterocycles. The molecule has 0 aliphatic carbocycles. The summed E-state index contributed by atoms with van der Waals surface area (Å²) in [6, 6.07) is 4.53. The van der Waals surface area contributed by atoms with Crippen LogP contribution in [0.15, 0.2) is 24.3 Å². The molecule has 162 valence electrons. The first kappa shape index (κ1) is 24.4. The van der Waals surface area contributed by atoms with Gasteiger partial charge < -0.3 is 31.9 Å². The van der Waals surface area contributed by atoms with Crippen molar-refractivity contribution in [2.45, 2.75) is 36.8 Å². The van der Waals surface area contributed by atoms with E-state index in [2.05, 4.69) is 0 Å². The van der Waals surface area contributed by atoms with E-state index in [1.807, 2.05) is 0 Å². The summed E-state index contributed by atoms with van der Waals surface area (Å²) in [5, 5.41) is 36.3. The van der Waals surface area contributed by atoms with Crippen LogP contribution in [0.2, 0.25) is 0 Å². The number of hydrogen-bond acceptors (Lipinski definition) is 8. The molecular formula is C18H20N2O10. The Balaban J connectivity index is 3.50. The van der Waals surface area contributed by atoms with Gasteiger partial charge in [-0.1, -0.05) is 24.3 Å². The van der Waals surface area contributed by atoms with Crippen molar-refractivity contribution in [2.75, 3.05) is 0 Å². The largest absolute Gasteiger partial charge is 0.481 e. The van der Waals surface area contributed by atoms with Gasteiger partial charge in [0.05, 0.1) is 0 Å². The van der Waals surface area contributed by atoms with E-state index in [1.54, 1.807) is 0 Å². The first-order valence-corrected chi connectivity index (χ1v) is 8.44. The molecule has 1 aromatic rings. The average molecular weight is 424 g/mol. The summed E-state index contributed by atoms with van der Waals surface area (Å²) in [5.41, 5.74) is 4.72. The highest BCUT2D eigenvalue weighted by Gasteiger charge is 2.47. The quantitative estimate of drug-likeness (QED) is 0.181. The fourth-order valence-electron chi connectivity index (χ4n) is 2.60. The Morgan fingerprint density at radius 2 is 0.967 bits per heavy atom. The van der Waals surface area contributed by atoms with Crippen LogP contribution in [0.1, 0.15) is 46.4 Å². The molecule has 0 saturated heterocycles. The standard InChI is InChI=1S/C18H20N2O10/c19-17(15(27)28,7-5-11(21)22)13(25)9-3-1-2-4-10(9)14(26)18(20,16(29)30)8-6-12(23)24/h1-4H,5-8,19-20H2,(H,21,22)(H,23,24)(H,27,28)(H,29,30)/t17-,18-/m1/s1. The Hall–Kier alpha value is -3.64. The number of rotatable bonds is 12. The molecule has 0 spiro atoms. The van der Waals surface area contributed by atoms with E-state index >= 15 is 0 Å². The number of carbonyl (C=O) groups excluding carboxylic acids is 2. The van der Waals surface area contributed by atoms with Crippen molar-refractivity contribution in [3.8, 4) is 0 Å². The van der Waals surface area contributed by atoms with E-state index < -0.39 is 83.3 Å². The smallest absolute Gasteiger partial charge is 0.331 e. The third-order valence-electron chi connectivity index (χ3n) is 4.46. The van der Waals surface area contributed by atoms with Gasteiger partial charge in [0.2, 0.25) is 0 Å². The van der Waals surface area contributed by atoms with Crippen LogP contribution in [-0.2, 0) is 19.2 Å². The van der Waals surface area contributed by atoms with Gasteiger partial charge in [-0.25, -0.2) is 9.59 Å². The molecule has 0 aromatic heterocycles. The summed E-state index contributed by atoms with van der Waals surface area (Å²) in [4.78, 5) is 70.5. The lowest BCUT2D eigenvalue weighted by atomic mass is 9.79. The highest BCUT2D eigenvalue weighted by Crippen LogP contribution is 2.25. The number of hydrogen-bond donors (Lipinski definition) is 6. The number of benzene rings is 1. The highest BCUT2D eigenvalue weighted by atomic mass is 16.4. The molecule has 0 aliphatic rings. The minimum absolute atomic E-state index is 0.579. The Kier molecular flexibility index (Phi) is 7.51. The van der Waals surface area contributed by atoms with Crippen LogP contribution in [0.4, 0.5) is 0 Å². The van der Waals surface area contributed by atoms with Crippen LogP contribution in [0.3, 0.4) is 0 Å². The fourth-order valence-corrected chi connectivity index (χ4v) is 2.60. The first-order chi connectivity index (χ1) is 13.8. The van der Waals surface area contributed by atoms with E-state index in [0.29, 0.717) is 0 Å². The van der Waals surface area contributed by atoms with E-state index in [0.717, 1.165) is 12.1 Å². The van der Waals surface area contributed by atoms with E-state index in [-0.39, 0.29) is 0 Å². The second kappa shape index (κ2) is 9.24. The Bertz CT molecular complexity index is 839. The molecule has 0 unspecified atom stereocenters. The topological polar surface area (TPSA) is 235 Å². The van der Waals surface area contributed by atoms with Crippen molar-refractivity contribution in [2.24, 2.45) is 11.5 Å². The third-order valence-corrected chi connectivity index (χ3v) is 4.46. The van der Waals surface area contributed by atoms with Gasteiger partial charge in [-0.15, -0.1) is 0 Å². The molecule has 30 heavy (non-hydrogen) atoms. The summed E-state index contributed by atoms with van der Waals surface area (Å²) >= 11 is 0. The molecule has 0 saturated carbocycles. The first-order valence-electron chi connectivity index (χ1n) is 8.44. The normalized spacial score (nSPS) is 14.7. The van der Waals surface area contributed by atoms with E-state index in [9.17, 15) is 39.0 Å². The number of carbonyl (C=O) groups is 6. The Labute approximate surface area is 169 Å². The maximum absolute atomic E-state index is 12.9. The molecule has 0 amide bonds. The maximum Gasteiger partial charge on any atom is 0.331 e. The lowest BCUT2D eigenvalue weighted by molar-refractivity contribution is -0.144. The molecule has 0 radical (unpaired) electrons. The number of nitrogens with two attached hydrogens (primary N) is 2. The molecular weight excluding hydrogens is 404 g/mol. The zero-order valence-corrected chi connectivity index (χ0v) is 15.5. The van der Waals surface area contributed by atoms with Crippen molar-refractivity contribution in [3.05, 3.63) is 35.4 Å². The highest BCUT2D eigenvalue weighted by molar-refractivity contribution is 6.24. The SMILES string of the molecule is N[C@@](CCC(=O)O)(C(=O)O)C(=O)c1ccccc1C(=O)[C@](N)(CCC(=O)O)C(=O)O. The van der Waals surface area contributed by atoms with Crippen LogP contribution in [0.25, 0.3) is 0 Å². The Morgan fingerprint density at radius 3 is 1.20 bits per heavy atom. The number of carboxylic acids is 4. The van der Waals surface area contributed by atoms with Crippen LogP contribution in [0.5, 0.6) is 0 Å². The van der Waals surface area contributed by atoms with Gasteiger partial charge in [0, 0.05) is 24.0 Å². The third kappa shape index (κ3) is 5.04. The molecule has 12 nitrogen and oxygen atoms in total. The van der Waals surface area contributed by atoms with Crippen molar-refractivity contribution >= 4 is 35.4 Å². The minimum Gasteiger partial charge on any atom is -0.481 e. The van der Waals surface area contributed by atoms with Crippen LogP contribution >= 0.6 is 0 Å². The van der Waals surface area contributed by atoms with Gasteiger partial charge in [0.15, 0.2) is 22.6 Å². The summed E-state index contributed by atoms with van der Waals surface area (Å²) in [6.45, 7) is 0. The number of aliphatic carboxylic acids is 4. The summed E-state index contributed by atoms with van der Waals surface area (Å²) in [6.07, 6.45) is -3.13. The number of carboxylic acid groups (broad SMARTS) is 4. The van der Waals surface area contributed by atoms with Gasteiger partial charge >= 0.3 is 23.9 Å². The van der Waals surface area contributed by atoms with Gasteiger partial charge in [0.25, 0.3) is 0 Å². The minimum atomic E-state index is -2.71. The van der Waals surface area contributed by atoms with E-state index in [4.69, 9.17) is 21.7 Å². The van der Waals surface area contributed by atoms with Crippen LogP contribution in [-0.4, -0.2) is 66.9 Å². The molecule has 2 atom stereocenters. The van der Waals surface area contributed by atoms with E-state index in [1.165, 1.54) is 12.1 Å². The Morgan fingerprint density at radius 1 is 0.667 bits per heavy atom. The van der Waals surface area contributed by atoms with Gasteiger partial charge in [-0.3, -0.25) is 19.2 Å². The molecule has 1 aromatic carbocycles. The second-order valence-corrected chi connectivity index (χ2v) is 6.54. The van der Waals surface area contributed by atoms with Crippen molar-refractivity contribution in [1.82, 2.24) is 0 Å². The molecule has 0 fully saturated rings. The fraction of sp³-hybridized carbons (Fsp3) is 0.333. The van der Waals surface area contributed by atoms with Gasteiger partial charge in [0.1, 0.15) is 0 Å². The molecule has 1 rings (SSSR count). The van der Waals surface area contributed by atoms with Gasteiger partial charge in [-0.05, 0) is 12.8 Å². The van der Waals surface area contributed by atoms with Gasteiger partial charge in [-0.2, -0.15) is 0 Å². The van der Waals surface area contributed by atoms with Crippen molar-refractivity contribution in [1.29, 1.82) is 0 Å². The summed E-state index contributed by atoms with van der Waals surface area (Å²) < 4.78 is 0. The zero-order chi connectivity index (χ0) is 23.3. The van der Waals surface area contributed by atoms with Crippen molar-refractivity contribution in [3.63, 3.8) is 0 Å². The molecule has 8 N–H and O–H groups in total. The molecule has 0 bridgehead atoms. The van der Waals surface area contributed by atoms with Crippen LogP contribution in [0, 0.1) is 0 Å². The lowest BCUT2D eigenvalue weighted by Gasteiger charge is -2.26.